The van der Waals surface area contributed by atoms with Gasteiger partial charge in [0, 0.05) is 6.07 Å². The molecule has 1 aliphatic heterocycles. The van der Waals surface area contributed by atoms with Gasteiger partial charge >= 0.3 is 6.03 Å². The Morgan fingerprint density at radius 3 is 2.31 bits per heavy atom. The molecule has 5 nitrogen and oxygen atoms in total. The highest BCUT2D eigenvalue weighted by molar-refractivity contribution is 6.00. The molecule has 84 valence electrons. The Bertz CT molecular complexity index is 428. The van der Waals surface area contributed by atoms with Crippen molar-refractivity contribution < 1.29 is 18.4 Å². The van der Waals surface area contributed by atoms with Crippen molar-refractivity contribution in [2.45, 2.75) is 0 Å². The number of urea groups is 1. The maximum atomic E-state index is 12.9. The smallest absolute Gasteiger partial charge is 0.275 e. The van der Waals surface area contributed by atoms with Crippen LogP contribution in [-0.4, -0.2) is 18.5 Å². The third-order valence-electron chi connectivity index (χ3n) is 1.95. The van der Waals surface area contributed by atoms with Crippen LogP contribution < -0.4 is 15.8 Å². The molecule has 0 atom stereocenters. The predicted octanol–water partition coefficient (Wildman–Crippen LogP) is 0.526. The summed E-state index contributed by atoms with van der Waals surface area (Å²) in [5.74, 6) is -2.11. The number of rotatable bonds is 1. The second-order valence-corrected chi connectivity index (χ2v) is 3.20. The molecule has 2 rings (SSSR count). The van der Waals surface area contributed by atoms with Crippen molar-refractivity contribution in [1.29, 1.82) is 0 Å². The summed E-state index contributed by atoms with van der Waals surface area (Å²) in [4.78, 5) is 22.0. The van der Waals surface area contributed by atoms with Crippen LogP contribution in [0.25, 0.3) is 0 Å². The number of amides is 3. The molecule has 0 bridgehead atoms. The van der Waals surface area contributed by atoms with E-state index in [1.807, 2.05) is 5.32 Å². The molecular formula is C9H7F2N3O2. The molecule has 1 aliphatic rings. The normalized spacial score (nSPS) is 15.8. The van der Waals surface area contributed by atoms with E-state index in [0.29, 0.717) is 6.07 Å². The van der Waals surface area contributed by atoms with Gasteiger partial charge in [-0.3, -0.25) is 15.1 Å². The molecule has 1 heterocycles. The van der Waals surface area contributed by atoms with E-state index in [4.69, 9.17) is 0 Å². The van der Waals surface area contributed by atoms with Gasteiger partial charge in [0.2, 0.25) is 5.91 Å². The van der Waals surface area contributed by atoms with Gasteiger partial charge in [0.05, 0.1) is 5.69 Å². The van der Waals surface area contributed by atoms with Gasteiger partial charge in [0.1, 0.15) is 18.2 Å². The summed E-state index contributed by atoms with van der Waals surface area (Å²) >= 11 is 0. The van der Waals surface area contributed by atoms with E-state index < -0.39 is 23.6 Å². The fourth-order valence-electron chi connectivity index (χ4n) is 1.35. The summed E-state index contributed by atoms with van der Waals surface area (Å²) in [5, 5.41) is 3.05. The molecule has 1 aromatic rings. The highest BCUT2D eigenvalue weighted by Crippen LogP contribution is 2.17. The summed E-state index contributed by atoms with van der Waals surface area (Å²) in [6.07, 6.45) is 0. The number of nitrogens with one attached hydrogen (secondary N) is 2. The molecule has 0 saturated carbocycles. The largest absolute Gasteiger partial charge is 0.340 e. The van der Waals surface area contributed by atoms with E-state index in [9.17, 15) is 18.4 Å². The lowest BCUT2D eigenvalue weighted by Crippen LogP contribution is -2.59. The number of carbonyl (C=O) groups is 2. The van der Waals surface area contributed by atoms with Crippen molar-refractivity contribution in [1.82, 2.24) is 10.7 Å². The number of halogens is 2. The number of nitrogens with zero attached hydrogens (tertiary/aromatic N) is 1. The summed E-state index contributed by atoms with van der Waals surface area (Å²) in [6, 6.07) is 2.00. The summed E-state index contributed by atoms with van der Waals surface area (Å²) in [7, 11) is 0. The first kappa shape index (κ1) is 10.3. The second kappa shape index (κ2) is 3.76. The van der Waals surface area contributed by atoms with Gasteiger partial charge in [-0.15, -0.1) is 0 Å². The van der Waals surface area contributed by atoms with Crippen molar-refractivity contribution >= 4 is 17.6 Å². The highest BCUT2D eigenvalue weighted by Gasteiger charge is 2.22. The molecule has 3 amide bonds. The van der Waals surface area contributed by atoms with Gasteiger partial charge in [-0.05, 0) is 12.1 Å². The number of anilines is 1. The first-order valence-electron chi connectivity index (χ1n) is 4.39. The van der Waals surface area contributed by atoms with Crippen molar-refractivity contribution in [3.05, 3.63) is 29.8 Å². The average molecular weight is 227 g/mol. The predicted molar refractivity (Wildman–Crippen MR) is 50.4 cm³/mol. The van der Waals surface area contributed by atoms with Crippen LogP contribution >= 0.6 is 0 Å². The van der Waals surface area contributed by atoms with Crippen LogP contribution in [0.15, 0.2) is 18.2 Å². The fraction of sp³-hybridized carbons (Fsp3) is 0.111. The summed E-state index contributed by atoms with van der Waals surface area (Å²) in [5.41, 5.74) is 2.32. The Hall–Kier alpha value is -2.18. The molecule has 16 heavy (non-hydrogen) atoms. The minimum Gasteiger partial charge on any atom is -0.275 e. The van der Waals surface area contributed by atoms with Crippen molar-refractivity contribution in [2.24, 2.45) is 0 Å². The number of imide groups is 1. The standard InChI is InChI=1S/C9H7F2N3O2/c10-5-1-6(11)3-7(2-5)14-4-8(15)12-9(16)13-14/h1-3H,4H2,(H2,12,13,15,16). The van der Waals surface area contributed by atoms with Crippen LogP contribution in [-0.2, 0) is 4.79 Å². The Kier molecular flexibility index (Phi) is 2.43. The van der Waals surface area contributed by atoms with E-state index in [1.54, 1.807) is 0 Å². The number of hydrogen-bond acceptors (Lipinski definition) is 3. The van der Waals surface area contributed by atoms with Crippen molar-refractivity contribution in [3.63, 3.8) is 0 Å². The first-order valence-corrected chi connectivity index (χ1v) is 4.39. The van der Waals surface area contributed by atoms with Crippen molar-refractivity contribution in [2.75, 3.05) is 11.6 Å². The summed E-state index contributed by atoms with van der Waals surface area (Å²) in [6.45, 7) is -0.200. The molecule has 0 unspecified atom stereocenters. The molecular weight excluding hydrogens is 220 g/mol. The Morgan fingerprint density at radius 2 is 1.75 bits per heavy atom. The van der Waals surface area contributed by atoms with E-state index in [2.05, 4.69) is 5.43 Å². The third kappa shape index (κ3) is 2.08. The minimum absolute atomic E-state index is 0.0701. The van der Waals surface area contributed by atoms with Gasteiger partial charge in [0.15, 0.2) is 0 Å². The van der Waals surface area contributed by atoms with Crippen LogP contribution in [0.5, 0.6) is 0 Å². The van der Waals surface area contributed by atoms with Gasteiger partial charge < -0.3 is 0 Å². The van der Waals surface area contributed by atoms with Crippen molar-refractivity contribution in [3.8, 4) is 0 Å². The zero-order valence-corrected chi connectivity index (χ0v) is 7.96. The van der Waals surface area contributed by atoms with Crippen LogP contribution in [0.3, 0.4) is 0 Å². The van der Waals surface area contributed by atoms with E-state index in [1.165, 1.54) is 0 Å². The lowest BCUT2D eigenvalue weighted by Gasteiger charge is -2.28. The molecule has 2 N–H and O–H groups in total. The minimum atomic E-state index is -0.782. The maximum absolute atomic E-state index is 12.9. The number of hydrogen-bond donors (Lipinski definition) is 2. The van der Waals surface area contributed by atoms with Gasteiger partial charge in [-0.2, -0.15) is 0 Å². The van der Waals surface area contributed by atoms with Gasteiger partial charge in [-0.25, -0.2) is 19.0 Å². The van der Waals surface area contributed by atoms with E-state index >= 15 is 0 Å². The molecule has 1 aromatic carbocycles. The zero-order chi connectivity index (χ0) is 11.7. The van der Waals surface area contributed by atoms with Crippen LogP contribution in [0.2, 0.25) is 0 Å². The van der Waals surface area contributed by atoms with Crippen LogP contribution in [0.4, 0.5) is 19.3 Å². The molecule has 0 spiro atoms. The van der Waals surface area contributed by atoms with E-state index in [0.717, 1.165) is 17.1 Å². The SMILES string of the molecule is O=C1CN(c2cc(F)cc(F)c2)NC(=O)N1. The number of carbonyl (C=O) groups excluding carboxylic acids is 2. The monoisotopic (exact) mass is 227 g/mol. The fourth-order valence-corrected chi connectivity index (χ4v) is 1.35. The topological polar surface area (TPSA) is 61.4 Å². The van der Waals surface area contributed by atoms with Crippen LogP contribution in [0.1, 0.15) is 0 Å². The first-order chi connectivity index (χ1) is 7.54. The Morgan fingerprint density at radius 1 is 1.12 bits per heavy atom. The molecule has 0 radical (unpaired) electrons. The third-order valence-corrected chi connectivity index (χ3v) is 1.95. The molecule has 0 aliphatic carbocycles. The average Bonchev–Trinajstić information content (AvgIpc) is 2.14. The summed E-state index contributed by atoms with van der Waals surface area (Å²) < 4.78 is 25.8. The highest BCUT2D eigenvalue weighted by atomic mass is 19.1. The zero-order valence-electron chi connectivity index (χ0n) is 7.96. The maximum Gasteiger partial charge on any atom is 0.340 e. The molecule has 7 heteroatoms. The Labute approximate surface area is 89.0 Å². The molecule has 1 saturated heterocycles. The van der Waals surface area contributed by atoms with Crippen LogP contribution in [0, 0.1) is 11.6 Å². The molecule has 0 aromatic heterocycles. The lowest BCUT2D eigenvalue weighted by molar-refractivity contribution is -0.119. The molecule has 1 fully saturated rings. The van der Waals surface area contributed by atoms with Gasteiger partial charge in [-0.1, -0.05) is 0 Å². The lowest BCUT2D eigenvalue weighted by atomic mass is 10.3. The quantitative estimate of drug-likeness (QED) is 0.735. The number of hydrazine groups is 1. The number of benzene rings is 1. The Balaban J connectivity index is 2.29. The van der Waals surface area contributed by atoms with Gasteiger partial charge in [0.25, 0.3) is 0 Å². The second-order valence-electron chi connectivity index (χ2n) is 3.20. The van der Waals surface area contributed by atoms with E-state index in [-0.39, 0.29) is 12.2 Å².